The van der Waals surface area contributed by atoms with E-state index in [9.17, 15) is 14.0 Å². The average molecular weight is 509 g/mol. The van der Waals surface area contributed by atoms with E-state index in [0.717, 1.165) is 24.8 Å². The smallest absolute Gasteiger partial charge is 0.254 e. The third-order valence-electron chi connectivity index (χ3n) is 6.74. The van der Waals surface area contributed by atoms with Gasteiger partial charge in [0.2, 0.25) is 5.91 Å². The third kappa shape index (κ3) is 5.54. The van der Waals surface area contributed by atoms with Crippen molar-refractivity contribution >= 4 is 23.2 Å². The fraction of sp³-hybridized carbons (Fsp3) is 0.357. The predicted molar refractivity (Wildman–Crippen MR) is 136 cm³/mol. The van der Waals surface area contributed by atoms with Gasteiger partial charge in [-0.2, -0.15) is 0 Å². The lowest BCUT2D eigenvalue weighted by atomic mass is 10.0. The van der Waals surface area contributed by atoms with Gasteiger partial charge in [-0.05, 0) is 78.6 Å². The number of nitrogens with zero attached hydrogens (tertiary/aromatic N) is 2. The molecule has 1 unspecified atom stereocenters. The van der Waals surface area contributed by atoms with Crippen molar-refractivity contribution in [2.75, 3.05) is 33.4 Å². The first-order valence-corrected chi connectivity index (χ1v) is 13.1. The van der Waals surface area contributed by atoms with Crippen molar-refractivity contribution in [1.29, 1.82) is 0 Å². The molecule has 1 aromatic heterocycles. The first kappa shape index (κ1) is 24.3. The van der Waals surface area contributed by atoms with Gasteiger partial charge >= 0.3 is 0 Å². The van der Waals surface area contributed by atoms with Crippen LogP contribution in [0.4, 0.5) is 4.39 Å². The number of methoxy groups -OCH3 is 1. The maximum absolute atomic E-state index is 13.7. The number of halogens is 1. The van der Waals surface area contributed by atoms with E-state index < -0.39 is 0 Å². The number of carbonyl (C=O) groups excluding carboxylic acids is 2. The van der Waals surface area contributed by atoms with Crippen LogP contribution in [0.3, 0.4) is 0 Å². The maximum atomic E-state index is 13.7. The number of fused-ring (bicyclic) bond motifs is 1. The normalized spacial score (nSPS) is 16.8. The van der Waals surface area contributed by atoms with Gasteiger partial charge < -0.3 is 19.3 Å². The number of hydrogen-bond acceptors (Lipinski definition) is 5. The summed E-state index contributed by atoms with van der Waals surface area (Å²) in [7, 11) is 1.58. The van der Waals surface area contributed by atoms with Crippen LogP contribution in [0.2, 0.25) is 0 Å². The van der Waals surface area contributed by atoms with E-state index in [0.29, 0.717) is 36.1 Å². The van der Waals surface area contributed by atoms with Crippen LogP contribution in [0.25, 0.3) is 0 Å². The van der Waals surface area contributed by atoms with Gasteiger partial charge in [-0.3, -0.25) is 9.59 Å². The molecule has 2 aromatic carbocycles. The number of benzene rings is 2. The molecule has 0 bridgehead atoms. The highest BCUT2D eigenvalue weighted by Crippen LogP contribution is 2.35. The minimum Gasteiger partial charge on any atom is -0.497 e. The van der Waals surface area contributed by atoms with Crippen LogP contribution in [0.1, 0.15) is 39.7 Å². The van der Waals surface area contributed by atoms with Gasteiger partial charge in [0.25, 0.3) is 5.91 Å². The maximum Gasteiger partial charge on any atom is 0.254 e. The molecular weight excluding hydrogens is 479 g/mol. The van der Waals surface area contributed by atoms with E-state index in [1.807, 2.05) is 16.3 Å². The Morgan fingerprint density at radius 2 is 1.92 bits per heavy atom. The van der Waals surface area contributed by atoms with Crippen molar-refractivity contribution in [2.24, 2.45) is 5.92 Å². The minimum absolute atomic E-state index is 0.0112. The number of rotatable bonds is 9. The highest BCUT2D eigenvalue weighted by atomic mass is 32.1. The Bertz CT molecular complexity index is 1220. The summed E-state index contributed by atoms with van der Waals surface area (Å²) in [5.74, 6) is 0.915. The van der Waals surface area contributed by atoms with E-state index in [2.05, 4.69) is 0 Å². The fourth-order valence-electron chi connectivity index (χ4n) is 4.61. The monoisotopic (exact) mass is 508 g/mol. The van der Waals surface area contributed by atoms with E-state index in [4.69, 9.17) is 9.47 Å². The summed E-state index contributed by atoms with van der Waals surface area (Å²) in [6.07, 6.45) is 2.92. The second-order valence-electron chi connectivity index (χ2n) is 9.28. The lowest BCUT2D eigenvalue weighted by molar-refractivity contribution is -0.135. The van der Waals surface area contributed by atoms with Gasteiger partial charge in [-0.1, -0.05) is 6.07 Å². The summed E-state index contributed by atoms with van der Waals surface area (Å²) in [6, 6.07) is 14.7. The Labute approximate surface area is 214 Å². The van der Waals surface area contributed by atoms with Crippen LogP contribution >= 0.6 is 11.3 Å². The Kier molecular flexibility index (Phi) is 7.23. The Hall–Kier alpha value is -3.39. The Morgan fingerprint density at radius 3 is 2.64 bits per heavy atom. The SMILES string of the molecule is COc1ccc(C(=O)N(CC(=O)N2CCc3sccc3C2COc2cccc(F)c2)CC2CC2)cc1. The zero-order valence-electron chi connectivity index (χ0n) is 20.2. The Balaban J connectivity index is 1.33. The molecule has 36 heavy (non-hydrogen) atoms. The molecule has 8 heteroatoms. The largest absolute Gasteiger partial charge is 0.497 e. The first-order valence-electron chi connectivity index (χ1n) is 12.2. The highest BCUT2D eigenvalue weighted by molar-refractivity contribution is 7.10. The molecule has 6 nitrogen and oxygen atoms in total. The molecule has 1 fully saturated rings. The molecule has 1 aliphatic heterocycles. The molecule has 0 radical (unpaired) electrons. The van der Waals surface area contributed by atoms with Crippen molar-refractivity contribution < 1.29 is 23.5 Å². The molecule has 188 valence electrons. The average Bonchev–Trinajstić information content (AvgIpc) is 3.58. The summed E-state index contributed by atoms with van der Waals surface area (Å²) in [6.45, 7) is 1.35. The molecule has 1 saturated carbocycles. The van der Waals surface area contributed by atoms with Gasteiger partial charge in [0.15, 0.2) is 0 Å². The van der Waals surface area contributed by atoms with Crippen molar-refractivity contribution in [1.82, 2.24) is 9.80 Å². The molecule has 3 aromatic rings. The molecule has 2 heterocycles. The minimum atomic E-state index is -0.368. The van der Waals surface area contributed by atoms with E-state index in [1.54, 1.807) is 59.7 Å². The van der Waals surface area contributed by atoms with Gasteiger partial charge in [0.05, 0.1) is 13.2 Å². The van der Waals surface area contributed by atoms with Crippen molar-refractivity contribution in [3.05, 3.63) is 81.8 Å². The summed E-state index contributed by atoms with van der Waals surface area (Å²) in [5.41, 5.74) is 1.60. The van der Waals surface area contributed by atoms with Crippen molar-refractivity contribution in [3.8, 4) is 11.5 Å². The van der Waals surface area contributed by atoms with Crippen LogP contribution in [0, 0.1) is 11.7 Å². The van der Waals surface area contributed by atoms with Gasteiger partial charge in [-0.15, -0.1) is 11.3 Å². The molecular formula is C28H29FN2O4S. The molecule has 1 atom stereocenters. The first-order chi connectivity index (χ1) is 17.5. The second kappa shape index (κ2) is 10.7. The zero-order valence-corrected chi connectivity index (χ0v) is 21.0. The van der Waals surface area contributed by atoms with Crippen LogP contribution in [0.5, 0.6) is 11.5 Å². The molecule has 5 rings (SSSR count). The van der Waals surface area contributed by atoms with Crippen LogP contribution in [-0.4, -0.2) is 55.0 Å². The number of amides is 2. The van der Waals surface area contributed by atoms with Crippen LogP contribution in [0.15, 0.2) is 60.0 Å². The van der Waals surface area contributed by atoms with Gasteiger partial charge in [0.1, 0.15) is 30.5 Å². The summed E-state index contributed by atoms with van der Waals surface area (Å²) in [5, 5.41) is 2.03. The van der Waals surface area contributed by atoms with E-state index in [-0.39, 0.29) is 36.8 Å². The topological polar surface area (TPSA) is 59.1 Å². The fourth-order valence-corrected chi connectivity index (χ4v) is 5.54. The Morgan fingerprint density at radius 1 is 1.11 bits per heavy atom. The summed E-state index contributed by atoms with van der Waals surface area (Å²) < 4.78 is 24.8. The number of carbonyl (C=O) groups is 2. The molecule has 2 amide bonds. The van der Waals surface area contributed by atoms with Gasteiger partial charge in [-0.25, -0.2) is 4.39 Å². The van der Waals surface area contributed by atoms with E-state index in [1.165, 1.54) is 17.0 Å². The molecule has 1 aliphatic carbocycles. The summed E-state index contributed by atoms with van der Waals surface area (Å²) >= 11 is 1.67. The van der Waals surface area contributed by atoms with Gasteiger partial charge in [0, 0.05) is 29.6 Å². The molecule has 0 spiro atoms. The zero-order chi connectivity index (χ0) is 25.1. The standard InChI is InChI=1S/C28H29FN2O4S/c1-34-22-9-7-20(8-10-22)28(33)30(16-19-5-6-19)17-27(32)31-13-11-26-24(12-14-36-26)25(31)18-35-23-4-2-3-21(29)15-23/h2-4,7-10,12,14-15,19,25H,5-6,11,13,16-18H2,1H3. The molecule has 2 aliphatic rings. The lowest BCUT2D eigenvalue weighted by Crippen LogP contribution is -2.48. The predicted octanol–water partition coefficient (Wildman–Crippen LogP) is 4.95. The third-order valence-corrected chi connectivity index (χ3v) is 7.74. The quantitative estimate of drug-likeness (QED) is 0.410. The van der Waals surface area contributed by atoms with E-state index >= 15 is 0 Å². The molecule has 0 N–H and O–H groups in total. The number of ether oxygens (including phenoxy) is 2. The highest BCUT2D eigenvalue weighted by Gasteiger charge is 2.35. The van der Waals surface area contributed by atoms with Crippen LogP contribution in [-0.2, 0) is 11.2 Å². The summed E-state index contributed by atoms with van der Waals surface area (Å²) in [4.78, 5) is 31.7. The molecule has 0 saturated heterocycles. The second-order valence-corrected chi connectivity index (χ2v) is 10.3. The number of thiophene rings is 1. The van der Waals surface area contributed by atoms with Crippen LogP contribution < -0.4 is 9.47 Å². The lowest BCUT2D eigenvalue weighted by Gasteiger charge is -2.37. The van der Waals surface area contributed by atoms with Crippen molar-refractivity contribution in [3.63, 3.8) is 0 Å². The van der Waals surface area contributed by atoms with Crippen molar-refractivity contribution in [2.45, 2.75) is 25.3 Å². The number of hydrogen-bond donors (Lipinski definition) is 0.